The predicted molar refractivity (Wildman–Crippen MR) is 180 cm³/mol. The molecule has 10 rings (SSSR count). The molecule has 10 aromatic rings. The minimum atomic E-state index is 0.624. The van der Waals surface area contributed by atoms with Gasteiger partial charge in [-0.25, -0.2) is 9.97 Å². The van der Waals surface area contributed by atoms with Crippen LogP contribution in [0.2, 0.25) is 0 Å². The molecular weight excluding hydrogens is 556 g/mol. The van der Waals surface area contributed by atoms with E-state index < -0.39 is 0 Å². The minimum Gasteiger partial charge on any atom is -0.456 e. The van der Waals surface area contributed by atoms with Crippen molar-refractivity contribution in [2.75, 3.05) is 0 Å². The Morgan fingerprint density at radius 3 is 1.29 bits per heavy atom. The van der Waals surface area contributed by atoms with Crippen molar-refractivity contribution < 1.29 is 13.3 Å². The molecule has 0 aliphatic rings. The molecule has 0 saturated heterocycles. The highest BCUT2D eigenvalue weighted by molar-refractivity contribution is 6.08. The monoisotopic (exact) mass is 578 g/mol. The molecule has 0 spiro atoms. The Kier molecular flexibility index (Phi) is 4.93. The molecule has 0 bridgehead atoms. The lowest BCUT2D eigenvalue weighted by Crippen LogP contribution is -1.96. The Morgan fingerprint density at radius 1 is 0.311 bits per heavy atom. The van der Waals surface area contributed by atoms with Gasteiger partial charge in [-0.3, -0.25) is 0 Å². The number of nitrogens with zero attached hydrogens (tertiary/aromatic N) is 2. The van der Waals surface area contributed by atoms with Crippen molar-refractivity contribution in [1.29, 1.82) is 0 Å². The van der Waals surface area contributed by atoms with Gasteiger partial charge in [0.1, 0.15) is 33.5 Å². The van der Waals surface area contributed by atoms with E-state index in [1.54, 1.807) is 0 Å². The van der Waals surface area contributed by atoms with Gasteiger partial charge in [0.15, 0.2) is 5.82 Å². The summed E-state index contributed by atoms with van der Waals surface area (Å²) in [6.45, 7) is 0. The van der Waals surface area contributed by atoms with Gasteiger partial charge in [-0.05, 0) is 72.8 Å². The van der Waals surface area contributed by atoms with Crippen molar-refractivity contribution in [3.05, 3.63) is 133 Å². The Hall–Kier alpha value is -6.20. The molecule has 5 nitrogen and oxygen atoms in total. The highest BCUT2D eigenvalue weighted by atomic mass is 16.3. The van der Waals surface area contributed by atoms with Crippen LogP contribution in [0.5, 0.6) is 0 Å². The Bertz CT molecular complexity index is 2650. The van der Waals surface area contributed by atoms with Crippen LogP contribution in [-0.4, -0.2) is 9.97 Å². The normalized spacial score (nSPS) is 12.0. The first-order valence-corrected chi connectivity index (χ1v) is 14.9. The van der Waals surface area contributed by atoms with Crippen LogP contribution in [-0.2, 0) is 0 Å². The molecule has 5 heteroatoms. The second-order valence-corrected chi connectivity index (χ2v) is 11.4. The first kappa shape index (κ1) is 24.3. The number of para-hydroxylation sites is 3. The van der Waals surface area contributed by atoms with Crippen LogP contribution in [0.15, 0.2) is 147 Å². The summed E-state index contributed by atoms with van der Waals surface area (Å²) in [6.07, 6.45) is 0. The fourth-order valence-corrected chi connectivity index (χ4v) is 6.51. The van der Waals surface area contributed by atoms with E-state index in [4.69, 9.17) is 23.2 Å². The molecule has 0 aliphatic carbocycles. The number of hydrogen-bond donors (Lipinski definition) is 0. The summed E-state index contributed by atoms with van der Waals surface area (Å²) in [6, 6.07) is 45.1. The van der Waals surface area contributed by atoms with Gasteiger partial charge in [0.2, 0.25) is 0 Å². The van der Waals surface area contributed by atoms with E-state index in [9.17, 15) is 0 Å². The van der Waals surface area contributed by atoms with E-state index in [1.807, 2.05) is 72.8 Å². The van der Waals surface area contributed by atoms with E-state index in [0.717, 1.165) is 93.9 Å². The lowest BCUT2D eigenvalue weighted by atomic mass is 10.0. The van der Waals surface area contributed by atoms with Crippen LogP contribution < -0.4 is 0 Å². The molecule has 6 aromatic carbocycles. The zero-order valence-electron chi connectivity index (χ0n) is 23.8. The first-order valence-electron chi connectivity index (χ1n) is 14.9. The highest BCUT2D eigenvalue weighted by Gasteiger charge is 2.16. The number of rotatable bonds is 3. The SMILES string of the molecule is c1ccc2c(c1)oc1cc(-c3nc(-c4ccc5oc6ccccc6c5c4)cc(-c4ccc5oc6ccccc6c5c4)n3)ccc12. The second-order valence-electron chi connectivity index (χ2n) is 11.4. The Balaban J connectivity index is 1.20. The third-order valence-electron chi connectivity index (χ3n) is 8.71. The van der Waals surface area contributed by atoms with Gasteiger partial charge >= 0.3 is 0 Å². The van der Waals surface area contributed by atoms with Crippen LogP contribution in [0.4, 0.5) is 0 Å². The largest absolute Gasteiger partial charge is 0.456 e. The third kappa shape index (κ3) is 3.74. The van der Waals surface area contributed by atoms with Gasteiger partial charge in [0.25, 0.3) is 0 Å². The maximum atomic E-state index is 6.23. The molecule has 0 unspecified atom stereocenters. The molecule has 0 radical (unpaired) electrons. The van der Waals surface area contributed by atoms with Gasteiger partial charge in [-0.1, -0.05) is 60.7 Å². The van der Waals surface area contributed by atoms with E-state index in [2.05, 4.69) is 60.7 Å². The molecule has 4 heterocycles. The molecule has 0 fully saturated rings. The number of hydrogen-bond acceptors (Lipinski definition) is 5. The highest BCUT2D eigenvalue weighted by Crippen LogP contribution is 2.37. The van der Waals surface area contributed by atoms with Crippen LogP contribution in [0.3, 0.4) is 0 Å². The zero-order valence-corrected chi connectivity index (χ0v) is 23.8. The standard InChI is InChI=1S/C40H22N2O3/c1-4-10-34-26(7-1)29-16-13-25(21-39(29)45-34)40-41-32(23-14-17-37-30(19-23)27-8-2-5-11-35(27)43-37)22-33(42-40)24-15-18-38-31(20-24)28-9-3-6-12-36(28)44-38/h1-22H. The lowest BCUT2D eigenvalue weighted by molar-refractivity contribution is 0.668. The molecule has 210 valence electrons. The summed E-state index contributed by atoms with van der Waals surface area (Å²) < 4.78 is 18.5. The topological polar surface area (TPSA) is 65.2 Å². The summed E-state index contributed by atoms with van der Waals surface area (Å²) in [7, 11) is 0. The maximum Gasteiger partial charge on any atom is 0.160 e. The lowest BCUT2D eigenvalue weighted by Gasteiger charge is -2.10. The van der Waals surface area contributed by atoms with Crippen molar-refractivity contribution in [2.45, 2.75) is 0 Å². The molecule has 0 saturated carbocycles. The summed E-state index contributed by atoms with van der Waals surface area (Å²) in [4.78, 5) is 10.3. The molecule has 0 aliphatic heterocycles. The van der Waals surface area contributed by atoms with E-state index in [1.165, 1.54) is 0 Å². The predicted octanol–water partition coefficient (Wildman–Crippen LogP) is 11.2. The minimum absolute atomic E-state index is 0.624. The van der Waals surface area contributed by atoms with Crippen molar-refractivity contribution in [3.63, 3.8) is 0 Å². The summed E-state index contributed by atoms with van der Waals surface area (Å²) in [5.41, 5.74) is 9.61. The van der Waals surface area contributed by atoms with Crippen molar-refractivity contribution in [1.82, 2.24) is 9.97 Å². The number of aromatic nitrogens is 2. The summed E-state index contributed by atoms with van der Waals surface area (Å²) in [5.74, 6) is 0.624. The van der Waals surface area contributed by atoms with Crippen LogP contribution in [0.1, 0.15) is 0 Å². The second kappa shape index (κ2) is 9.15. The summed E-state index contributed by atoms with van der Waals surface area (Å²) >= 11 is 0. The quantitative estimate of drug-likeness (QED) is 0.209. The van der Waals surface area contributed by atoms with E-state index in [0.29, 0.717) is 5.82 Å². The van der Waals surface area contributed by atoms with Gasteiger partial charge in [0, 0.05) is 49.0 Å². The first-order chi connectivity index (χ1) is 22.2. The fourth-order valence-electron chi connectivity index (χ4n) is 6.51. The van der Waals surface area contributed by atoms with Gasteiger partial charge in [-0.15, -0.1) is 0 Å². The number of furan rings is 3. The van der Waals surface area contributed by atoms with Gasteiger partial charge in [-0.2, -0.15) is 0 Å². The van der Waals surface area contributed by atoms with Crippen molar-refractivity contribution in [2.24, 2.45) is 0 Å². The Labute approximate surface area is 256 Å². The fraction of sp³-hybridized carbons (Fsp3) is 0. The third-order valence-corrected chi connectivity index (χ3v) is 8.71. The molecule has 0 atom stereocenters. The summed E-state index contributed by atoms with van der Waals surface area (Å²) in [5, 5.41) is 6.43. The van der Waals surface area contributed by atoms with Crippen LogP contribution in [0.25, 0.3) is 99.7 Å². The molecular formula is C40H22N2O3. The van der Waals surface area contributed by atoms with E-state index >= 15 is 0 Å². The molecule has 0 N–H and O–H groups in total. The van der Waals surface area contributed by atoms with Crippen LogP contribution >= 0.6 is 0 Å². The average Bonchev–Trinajstić information content (AvgIpc) is 3.78. The smallest absolute Gasteiger partial charge is 0.160 e. The van der Waals surface area contributed by atoms with Gasteiger partial charge in [0.05, 0.1) is 11.4 Å². The number of fused-ring (bicyclic) bond motifs is 9. The Morgan fingerprint density at radius 2 is 0.733 bits per heavy atom. The number of benzene rings is 6. The van der Waals surface area contributed by atoms with Gasteiger partial charge < -0.3 is 13.3 Å². The molecule has 0 amide bonds. The van der Waals surface area contributed by atoms with E-state index in [-0.39, 0.29) is 0 Å². The molecule has 45 heavy (non-hydrogen) atoms. The average molecular weight is 579 g/mol. The molecule has 4 aromatic heterocycles. The maximum absolute atomic E-state index is 6.23. The van der Waals surface area contributed by atoms with Crippen molar-refractivity contribution in [3.8, 4) is 33.9 Å². The zero-order chi connectivity index (χ0) is 29.5. The van der Waals surface area contributed by atoms with Crippen molar-refractivity contribution >= 4 is 65.8 Å². The van der Waals surface area contributed by atoms with Crippen LogP contribution in [0, 0.1) is 0 Å².